The van der Waals surface area contributed by atoms with Crippen LogP contribution in [0.5, 0.6) is 5.75 Å². The van der Waals surface area contributed by atoms with Crippen LogP contribution in [-0.4, -0.2) is 11.3 Å². The molecule has 0 radical (unpaired) electrons. The zero-order chi connectivity index (χ0) is 14.1. The zero-order valence-electron chi connectivity index (χ0n) is 8.56. The van der Waals surface area contributed by atoms with Crippen LogP contribution < -0.4 is 16.2 Å². The molecule has 4 N–H and O–H groups in total. The monoisotopic (exact) mass is 275 g/mol. The van der Waals surface area contributed by atoms with Gasteiger partial charge in [-0.1, -0.05) is 0 Å². The van der Waals surface area contributed by atoms with Gasteiger partial charge in [0, 0.05) is 12.1 Å². The van der Waals surface area contributed by atoms with Crippen LogP contribution in [0.2, 0.25) is 0 Å². The van der Waals surface area contributed by atoms with Crippen LogP contribution in [0.3, 0.4) is 0 Å². The van der Waals surface area contributed by atoms with Crippen molar-refractivity contribution in [2.45, 2.75) is 19.1 Å². The third-order valence-corrected chi connectivity index (χ3v) is 1.85. The van der Waals surface area contributed by atoms with Gasteiger partial charge in [0.2, 0.25) is 0 Å². The van der Waals surface area contributed by atoms with E-state index < -0.39 is 41.8 Å². The largest absolute Gasteiger partial charge is 0.573 e. The smallest absolute Gasteiger partial charge is 0.403 e. The Morgan fingerprint density at radius 2 is 1.72 bits per heavy atom. The van der Waals surface area contributed by atoms with Gasteiger partial charge in [-0.05, 0) is 0 Å². The SMILES string of the molecule is NCc1c(C(F)(F)F)ncc(N)c1OC(F)(F)F. The molecule has 0 bridgehead atoms. The van der Waals surface area contributed by atoms with Crippen molar-refractivity contribution in [3.8, 4) is 5.75 Å². The minimum atomic E-state index is -5.18. The Bertz CT molecular complexity index is 442. The molecule has 10 heteroatoms. The van der Waals surface area contributed by atoms with Crippen LogP contribution in [0, 0.1) is 0 Å². The third-order valence-electron chi connectivity index (χ3n) is 1.85. The van der Waals surface area contributed by atoms with Gasteiger partial charge in [-0.25, -0.2) is 4.98 Å². The Labute approximate surface area is 96.5 Å². The highest BCUT2D eigenvalue weighted by atomic mass is 19.4. The van der Waals surface area contributed by atoms with Gasteiger partial charge in [0.15, 0.2) is 11.4 Å². The normalized spacial score (nSPS) is 12.6. The maximum absolute atomic E-state index is 12.5. The highest BCUT2D eigenvalue weighted by molar-refractivity contribution is 5.57. The average Bonchev–Trinajstić information content (AvgIpc) is 2.17. The number of aromatic nitrogens is 1. The molecule has 0 atom stereocenters. The molecule has 4 nitrogen and oxygen atoms in total. The van der Waals surface area contributed by atoms with Gasteiger partial charge in [-0.15, -0.1) is 13.2 Å². The third kappa shape index (κ3) is 3.15. The maximum Gasteiger partial charge on any atom is 0.573 e. The van der Waals surface area contributed by atoms with Crippen LogP contribution in [0.15, 0.2) is 6.20 Å². The summed E-state index contributed by atoms with van der Waals surface area (Å²) in [5.41, 5.74) is 6.92. The van der Waals surface area contributed by atoms with Crippen LogP contribution in [0.4, 0.5) is 32.0 Å². The number of hydrogen-bond donors (Lipinski definition) is 2. The number of halogens is 6. The van der Waals surface area contributed by atoms with Crippen LogP contribution in [0.25, 0.3) is 0 Å². The standard InChI is InChI=1S/C8H7F6N3O/c9-7(10,11)6-3(1-15)5(4(16)2-17-6)18-8(12,13)14/h2H,1,15-16H2. The number of hydrogen-bond acceptors (Lipinski definition) is 4. The first-order chi connectivity index (χ1) is 8.06. The predicted molar refractivity (Wildman–Crippen MR) is 48.2 cm³/mol. The average molecular weight is 275 g/mol. The highest BCUT2D eigenvalue weighted by Crippen LogP contribution is 2.38. The lowest BCUT2D eigenvalue weighted by Gasteiger charge is -2.18. The molecule has 0 aromatic carbocycles. The fraction of sp³-hybridized carbons (Fsp3) is 0.375. The minimum absolute atomic E-state index is 0.434. The molecular weight excluding hydrogens is 268 g/mol. The van der Waals surface area contributed by atoms with Crippen molar-refractivity contribution in [1.29, 1.82) is 0 Å². The molecular formula is C8H7F6N3O. The molecule has 1 heterocycles. The molecule has 1 rings (SSSR count). The number of ether oxygens (including phenoxy) is 1. The molecule has 102 valence electrons. The van der Waals surface area contributed by atoms with Gasteiger partial charge in [0.1, 0.15) is 0 Å². The summed E-state index contributed by atoms with van der Waals surface area (Å²) in [6.45, 7) is -0.849. The van der Waals surface area contributed by atoms with Gasteiger partial charge in [-0.2, -0.15) is 13.2 Å². The molecule has 1 aromatic rings. The minimum Gasteiger partial charge on any atom is -0.403 e. The number of anilines is 1. The number of pyridine rings is 1. The summed E-state index contributed by atoms with van der Waals surface area (Å²) in [6.07, 6.45) is -9.70. The summed E-state index contributed by atoms with van der Waals surface area (Å²) in [5, 5.41) is 0. The Kier molecular flexibility index (Phi) is 3.60. The van der Waals surface area contributed by atoms with Crippen molar-refractivity contribution in [3.05, 3.63) is 17.5 Å². The van der Waals surface area contributed by atoms with Gasteiger partial charge in [0.25, 0.3) is 0 Å². The van der Waals surface area contributed by atoms with E-state index in [1.54, 1.807) is 0 Å². The fourth-order valence-corrected chi connectivity index (χ4v) is 1.22. The summed E-state index contributed by atoms with van der Waals surface area (Å²) in [5.74, 6) is -1.17. The molecule has 0 saturated heterocycles. The van der Waals surface area contributed by atoms with Crippen molar-refractivity contribution in [2.24, 2.45) is 5.73 Å². The number of alkyl halides is 6. The second kappa shape index (κ2) is 4.52. The summed E-state index contributed by atoms with van der Waals surface area (Å²) >= 11 is 0. The Balaban J connectivity index is 3.40. The second-order valence-electron chi connectivity index (χ2n) is 3.12. The van der Waals surface area contributed by atoms with E-state index in [0.717, 1.165) is 0 Å². The van der Waals surface area contributed by atoms with Crippen LogP contribution in [0.1, 0.15) is 11.3 Å². The van der Waals surface area contributed by atoms with Crippen molar-refractivity contribution in [1.82, 2.24) is 4.98 Å². The molecule has 0 spiro atoms. The number of nitrogen functional groups attached to an aromatic ring is 1. The van der Waals surface area contributed by atoms with Gasteiger partial charge >= 0.3 is 12.5 Å². The van der Waals surface area contributed by atoms with E-state index in [-0.39, 0.29) is 0 Å². The summed E-state index contributed by atoms with van der Waals surface area (Å²) in [7, 11) is 0. The molecule has 0 fully saturated rings. The van der Waals surface area contributed by atoms with Crippen LogP contribution >= 0.6 is 0 Å². The number of nitrogens with zero attached hydrogens (tertiary/aromatic N) is 1. The van der Waals surface area contributed by atoms with E-state index in [2.05, 4.69) is 9.72 Å². The molecule has 0 aliphatic heterocycles. The van der Waals surface area contributed by atoms with Crippen molar-refractivity contribution in [2.75, 3.05) is 5.73 Å². The molecule has 0 aliphatic rings. The quantitative estimate of drug-likeness (QED) is 0.810. The Hall–Kier alpha value is -1.71. The van der Waals surface area contributed by atoms with E-state index in [9.17, 15) is 26.3 Å². The molecule has 0 saturated carbocycles. The van der Waals surface area contributed by atoms with Crippen molar-refractivity contribution >= 4 is 5.69 Å². The lowest BCUT2D eigenvalue weighted by Crippen LogP contribution is -2.23. The molecule has 0 amide bonds. The molecule has 0 unspecified atom stereocenters. The first kappa shape index (κ1) is 14.4. The maximum atomic E-state index is 12.5. The van der Waals surface area contributed by atoms with Crippen molar-refractivity contribution in [3.63, 3.8) is 0 Å². The zero-order valence-corrected chi connectivity index (χ0v) is 8.56. The number of rotatable bonds is 2. The fourth-order valence-electron chi connectivity index (χ4n) is 1.22. The summed E-state index contributed by atoms with van der Waals surface area (Å²) in [6, 6.07) is 0. The molecule has 0 aliphatic carbocycles. The van der Waals surface area contributed by atoms with Gasteiger partial charge in [-0.3, -0.25) is 0 Å². The lowest BCUT2D eigenvalue weighted by atomic mass is 10.1. The first-order valence-corrected chi connectivity index (χ1v) is 4.36. The van der Waals surface area contributed by atoms with Crippen molar-refractivity contribution < 1.29 is 31.1 Å². The Morgan fingerprint density at radius 1 is 1.17 bits per heavy atom. The highest BCUT2D eigenvalue weighted by Gasteiger charge is 2.39. The first-order valence-electron chi connectivity index (χ1n) is 4.36. The second-order valence-corrected chi connectivity index (χ2v) is 3.12. The van der Waals surface area contributed by atoms with E-state index in [1.165, 1.54) is 0 Å². The summed E-state index contributed by atoms with van der Waals surface area (Å²) < 4.78 is 77.0. The van der Waals surface area contributed by atoms with Gasteiger partial charge < -0.3 is 16.2 Å². The van der Waals surface area contributed by atoms with Crippen LogP contribution in [-0.2, 0) is 12.7 Å². The van der Waals surface area contributed by atoms with E-state index >= 15 is 0 Å². The lowest BCUT2D eigenvalue weighted by molar-refractivity contribution is -0.274. The van der Waals surface area contributed by atoms with E-state index in [1.807, 2.05) is 0 Å². The van der Waals surface area contributed by atoms with Gasteiger partial charge in [0.05, 0.1) is 11.9 Å². The number of nitrogens with two attached hydrogens (primary N) is 2. The molecule has 1 aromatic heterocycles. The summed E-state index contributed by atoms with van der Waals surface area (Å²) in [4.78, 5) is 2.93. The van der Waals surface area contributed by atoms with E-state index in [0.29, 0.717) is 6.20 Å². The predicted octanol–water partition coefficient (Wildman–Crippen LogP) is 2.04. The molecule has 18 heavy (non-hydrogen) atoms. The Morgan fingerprint density at radius 3 is 2.11 bits per heavy atom. The van der Waals surface area contributed by atoms with E-state index in [4.69, 9.17) is 11.5 Å². The topological polar surface area (TPSA) is 74.2 Å².